The Morgan fingerprint density at radius 3 is 2.63 bits per heavy atom. The highest BCUT2D eigenvalue weighted by molar-refractivity contribution is 5.76. The Labute approximate surface area is 165 Å². The molecule has 0 spiro atoms. The van der Waals surface area contributed by atoms with Gasteiger partial charge in [-0.2, -0.15) is 0 Å². The second kappa shape index (κ2) is 12.0. The first-order chi connectivity index (χ1) is 13.1. The first kappa shape index (κ1) is 21.7. The minimum Gasteiger partial charge on any atom is -0.494 e. The Morgan fingerprint density at radius 1 is 1.19 bits per heavy atom. The van der Waals surface area contributed by atoms with Crippen LogP contribution in [0.3, 0.4) is 0 Å². The Balaban J connectivity index is 1.90. The maximum Gasteiger partial charge on any atom is 0.222 e. The highest BCUT2D eigenvalue weighted by Gasteiger charge is 2.19. The Kier molecular flexibility index (Phi) is 9.68. The number of rotatable bonds is 11. The Bertz CT molecular complexity index is 544. The van der Waals surface area contributed by atoms with E-state index >= 15 is 0 Å². The lowest BCUT2D eigenvalue weighted by atomic mass is 10.0. The fourth-order valence-electron chi connectivity index (χ4n) is 3.81. The van der Waals surface area contributed by atoms with E-state index in [2.05, 4.69) is 35.8 Å². The van der Waals surface area contributed by atoms with Gasteiger partial charge in [0, 0.05) is 32.1 Å². The zero-order chi connectivity index (χ0) is 19.5. The molecular formula is C23H38N2O2. The van der Waals surface area contributed by atoms with Gasteiger partial charge in [0.2, 0.25) is 5.91 Å². The highest BCUT2D eigenvalue weighted by Crippen LogP contribution is 2.18. The van der Waals surface area contributed by atoms with Gasteiger partial charge >= 0.3 is 0 Å². The number of unbranched alkanes of at least 4 members (excludes halogenated alkanes) is 1. The summed E-state index contributed by atoms with van der Waals surface area (Å²) in [5.74, 6) is 1.18. The van der Waals surface area contributed by atoms with E-state index in [1.807, 2.05) is 19.1 Å². The number of carbonyl (C=O) groups is 1. The molecule has 1 heterocycles. The third kappa shape index (κ3) is 7.53. The zero-order valence-corrected chi connectivity index (χ0v) is 17.6. The fourth-order valence-corrected chi connectivity index (χ4v) is 3.81. The molecule has 2 rings (SSSR count). The van der Waals surface area contributed by atoms with Gasteiger partial charge in [0.05, 0.1) is 6.61 Å². The molecule has 152 valence electrons. The van der Waals surface area contributed by atoms with Crippen molar-refractivity contribution in [2.75, 3.05) is 26.2 Å². The van der Waals surface area contributed by atoms with Crippen LogP contribution < -0.4 is 4.74 Å². The van der Waals surface area contributed by atoms with Crippen molar-refractivity contribution in [3.05, 3.63) is 29.8 Å². The number of benzene rings is 1. The van der Waals surface area contributed by atoms with Crippen LogP contribution in [0.2, 0.25) is 0 Å². The second-order valence-corrected chi connectivity index (χ2v) is 7.73. The normalized spacial score (nSPS) is 17.7. The van der Waals surface area contributed by atoms with Gasteiger partial charge in [0.15, 0.2) is 0 Å². The van der Waals surface area contributed by atoms with Crippen LogP contribution in [0.25, 0.3) is 0 Å². The molecule has 1 fully saturated rings. The topological polar surface area (TPSA) is 32.8 Å². The SMILES string of the molecule is CCCCC(=O)N(CCCN1CCCCC1C)Cc1ccc(OCC)cc1. The molecule has 0 bridgehead atoms. The van der Waals surface area contributed by atoms with Crippen molar-refractivity contribution in [1.29, 1.82) is 0 Å². The molecule has 1 aliphatic heterocycles. The van der Waals surface area contributed by atoms with Gasteiger partial charge < -0.3 is 14.5 Å². The second-order valence-electron chi connectivity index (χ2n) is 7.73. The van der Waals surface area contributed by atoms with Gasteiger partial charge in [0.25, 0.3) is 0 Å². The summed E-state index contributed by atoms with van der Waals surface area (Å²) in [5, 5.41) is 0. The largest absolute Gasteiger partial charge is 0.494 e. The molecule has 1 aromatic rings. The van der Waals surface area contributed by atoms with Crippen molar-refractivity contribution in [2.45, 2.75) is 78.3 Å². The lowest BCUT2D eigenvalue weighted by Crippen LogP contribution is -2.40. The summed E-state index contributed by atoms with van der Waals surface area (Å²) in [7, 11) is 0. The van der Waals surface area contributed by atoms with Gasteiger partial charge in [-0.05, 0) is 63.8 Å². The number of nitrogens with zero attached hydrogens (tertiary/aromatic N) is 2. The molecule has 27 heavy (non-hydrogen) atoms. The van der Waals surface area contributed by atoms with Crippen molar-refractivity contribution >= 4 is 5.91 Å². The molecule has 0 radical (unpaired) electrons. The first-order valence-corrected chi connectivity index (χ1v) is 10.9. The Hall–Kier alpha value is -1.55. The van der Waals surface area contributed by atoms with E-state index in [1.54, 1.807) is 0 Å². The van der Waals surface area contributed by atoms with Crippen LogP contribution in [0.4, 0.5) is 0 Å². The number of amides is 1. The predicted molar refractivity (Wildman–Crippen MR) is 112 cm³/mol. The molecule has 4 heteroatoms. The van der Waals surface area contributed by atoms with E-state index < -0.39 is 0 Å². The molecule has 1 unspecified atom stereocenters. The highest BCUT2D eigenvalue weighted by atomic mass is 16.5. The van der Waals surface area contributed by atoms with Gasteiger partial charge in [-0.1, -0.05) is 31.9 Å². The first-order valence-electron chi connectivity index (χ1n) is 10.9. The zero-order valence-electron chi connectivity index (χ0n) is 17.6. The van der Waals surface area contributed by atoms with Crippen LogP contribution in [0.5, 0.6) is 5.75 Å². The number of hydrogen-bond donors (Lipinski definition) is 0. The molecule has 1 atom stereocenters. The maximum absolute atomic E-state index is 12.7. The maximum atomic E-state index is 12.7. The van der Waals surface area contributed by atoms with E-state index in [0.29, 0.717) is 25.6 Å². The average molecular weight is 375 g/mol. The van der Waals surface area contributed by atoms with Crippen LogP contribution in [0, 0.1) is 0 Å². The minimum absolute atomic E-state index is 0.289. The number of hydrogen-bond acceptors (Lipinski definition) is 3. The van der Waals surface area contributed by atoms with Gasteiger partial charge in [-0.25, -0.2) is 0 Å². The third-order valence-electron chi connectivity index (χ3n) is 5.52. The number of piperidine rings is 1. The third-order valence-corrected chi connectivity index (χ3v) is 5.52. The quantitative estimate of drug-likeness (QED) is 0.554. The van der Waals surface area contributed by atoms with Crippen molar-refractivity contribution in [3.8, 4) is 5.75 Å². The van der Waals surface area contributed by atoms with E-state index in [-0.39, 0.29) is 5.91 Å². The van der Waals surface area contributed by atoms with Crippen molar-refractivity contribution in [3.63, 3.8) is 0 Å². The monoisotopic (exact) mass is 374 g/mol. The summed E-state index contributed by atoms with van der Waals surface area (Å²) in [5.41, 5.74) is 1.18. The van der Waals surface area contributed by atoms with Crippen molar-refractivity contribution in [2.24, 2.45) is 0 Å². The average Bonchev–Trinajstić information content (AvgIpc) is 2.68. The molecule has 1 amide bonds. The Morgan fingerprint density at radius 2 is 1.96 bits per heavy atom. The molecule has 1 aliphatic rings. The van der Waals surface area contributed by atoms with E-state index in [9.17, 15) is 4.79 Å². The predicted octanol–water partition coefficient (Wildman–Crippen LogP) is 4.87. The number of carbonyl (C=O) groups excluding carboxylic acids is 1. The molecular weight excluding hydrogens is 336 g/mol. The van der Waals surface area contributed by atoms with E-state index in [0.717, 1.165) is 38.1 Å². The summed E-state index contributed by atoms with van der Waals surface area (Å²) < 4.78 is 5.52. The molecule has 1 saturated heterocycles. The molecule has 0 aliphatic carbocycles. The summed E-state index contributed by atoms with van der Waals surface area (Å²) in [6.07, 6.45) is 7.74. The summed E-state index contributed by atoms with van der Waals surface area (Å²) in [6, 6.07) is 8.86. The molecule has 4 nitrogen and oxygen atoms in total. The smallest absolute Gasteiger partial charge is 0.222 e. The lowest BCUT2D eigenvalue weighted by molar-refractivity contribution is -0.132. The summed E-state index contributed by atoms with van der Waals surface area (Å²) >= 11 is 0. The molecule has 0 saturated carbocycles. The lowest BCUT2D eigenvalue weighted by Gasteiger charge is -2.34. The van der Waals surface area contributed by atoms with Crippen LogP contribution >= 0.6 is 0 Å². The van der Waals surface area contributed by atoms with E-state index in [4.69, 9.17) is 4.74 Å². The van der Waals surface area contributed by atoms with Gasteiger partial charge in [0.1, 0.15) is 5.75 Å². The fraction of sp³-hybridized carbons (Fsp3) is 0.696. The standard InChI is InChI=1S/C23H38N2O2/c1-4-6-11-23(26)25(18-9-17-24-16-8-7-10-20(24)3)19-21-12-14-22(15-13-21)27-5-2/h12-15,20H,4-11,16-19H2,1-3H3. The van der Waals surface area contributed by atoms with E-state index in [1.165, 1.54) is 31.4 Å². The molecule has 1 aromatic carbocycles. The summed E-state index contributed by atoms with van der Waals surface area (Å²) in [6.45, 7) is 11.0. The molecule has 0 aromatic heterocycles. The number of likely N-dealkylation sites (tertiary alicyclic amines) is 1. The van der Waals surface area contributed by atoms with Crippen LogP contribution in [-0.2, 0) is 11.3 Å². The van der Waals surface area contributed by atoms with Crippen molar-refractivity contribution < 1.29 is 9.53 Å². The number of ether oxygens (including phenoxy) is 1. The minimum atomic E-state index is 0.289. The van der Waals surface area contributed by atoms with Gasteiger partial charge in [-0.15, -0.1) is 0 Å². The summed E-state index contributed by atoms with van der Waals surface area (Å²) in [4.78, 5) is 17.4. The van der Waals surface area contributed by atoms with Crippen LogP contribution in [-0.4, -0.2) is 48.0 Å². The van der Waals surface area contributed by atoms with Crippen LogP contribution in [0.15, 0.2) is 24.3 Å². The molecule has 0 N–H and O–H groups in total. The van der Waals surface area contributed by atoms with Gasteiger partial charge in [-0.3, -0.25) is 4.79 Å². The van der Waals surface area contributed by atoms with Crippen molar-refractivity contribution in [1.82, 2.24) is 9.80 Å². The van der Waals surface area contributed by atoms with Crippen LogP contribution in [0.1, 0.15) is 71.3 Å².